The predicted molar refractivity (Wildman–Crippen MR) is 280 cm³/mol. The van der Waals surface area contributed by atoms with Gasteiger partial charge >= 0.3 is 0 Å². The van der Waals surface area contributed by atoms with E-state index in [9.17, 15) is 0 Å². The second-order valence-electron chi connectivity index (χ2n) is 16.6. The maximum absolute atomic E-state index is 2.37. The van der Waals surface area contributed by atoms with Crippen LogP contribution in [0.3, 0.4) is 0 Å². The summed E-state index contributed by atoms with van der Waals surface area (Å²) in [6.07, 6.45) is 0. The minimum Gasteiger partial charge on any atom is -0.310 e. The van der Waals surface area contributed by atoms with Crippen molar-refractivity contribution in [3.63, 3.8) is 0 Å². The van der Waals surface area contributed by atoms with Crippen LogP contribution in [0.2, 0.25) is 0 Å². The van der Waals surface area contributed by atoms with Crippen LogP contribution in [0.5, 0.6) is 0 Å². The van der Waals surface area contributed by atoms with Crippen LogP contribution in [-0.4, -0.2) is 0 Å². The zero-order valence-electron chi connectivity index (χ0n) is 36.5. The van der Waals surface area contributed by atoms with Gasteiger partial charge in [0.25, 0.3) is 0 Å². The third-order valence-corrected chi connectivity index (χ3v) is 12.5. The molecule has 0 saturated heterocycles. The average Bonchev–Trinajstić information content (AvgIpc) is 3.41. The molecule has 2 nitrogen and oxygen atoms in total. The average molecular weight is 843 g/mol. The monoisotopic (exact) mass is 842 g/mol. The Morgan fingerprint density at radius 3 is 0.985 bits per heavy atom. The summed E-state index contributed by atoms with van der Waals surface area (Å²) in [5, 5.41) is 2.42. The first kappa shape index (κ1) is 40.1. The number of rotatable bonds is 11. The molecule has 11 aromatic rings. The van der Waals surface area contributed by atoms with E-state index in [1.807, 2.05) is 0 Å². The lowest BCUT2D eigenvalue weighted by Gasteiger charge is -2.28. The van der Waals surface area contributed by atoms with Gasteiger partial charge in [-0.05, 0) is 128 Å². The molecular formula is C64H46N2. The molecule has 0 atom stereocenters. The summed E-state index contributed by atoms with van der Waals surface area (Å²) in [6, 6.07) is 100. The molecule has 11 aromatic carbocycles. The van der Waals surface area contributed by atoms with Crippen molar-refractivity contribution in [2.24, 2.45) is 0 Å². The van der Waals surface area contributed by atoms with E-state index >= 15 is 0 Å². The SMILES string of the molecule is c1ccc(-c2ccc(N(c3ccc(-c4ccc(N(c5ccc(-c6ccccc6)cc5)c5cccc6ccccc56)cc4)cc3)c3ccc(-c4ccccc4)c(-c4ccccc4)c3)cc2)cc1. The summed E-state index contributed by atoms with van der Waals surface area (Å²) in [6.45, 7) is 0. The van der Waals surface area contributed by atoms with E-state index in [2.05, 4.69) is 289 Å². The number of nitrogens with zero attached hydrogens (tertiary/aromatic N) is 2. The number of hydrogen-bond acceptors (Lipinski definition) is 2. The smallest absolute Gasteiger partial charge is 0.0540 e. The third-order valence-electron chi connectivity index (χ3n) is 12.5. The second kappa shape index (κ2) is 18.2. The van der Waals surface area contributed by atoms with Crippen LogP contribution in [0.4, 0.5) is 34.1 Å². The number of anilines is 6. The first-order chi connectivity index (χ1) is 32.7. The van der Waals surface area contributed by atoms with E-state index in [-0.39, 0.29) is 0 Å². The summed E-state index contributed by atoms with van der Waals surface area (Å²) in [5.41, 5.74) is 18.4. The Morgan fingerprint density at radius 1 is 0.197 bits per heavy atom. The first-order valence-electron chi connectivity index (χ1n) is 22.6. The van der Waals surface area contributed by atoms with Gasteiger partial charge in [-0.3, -0.25) is 0 Å². The highest BCUT2D eigenvalue weighted by molar-refractivity contribution is 5.99. The van der Waals surface area contributed by atoms with E-state index in [4.69, 9.17) is 0 Å². The molecule has 2 heteroatoms. The van der Waals surface area contributed by atoms with Crippen LogP contribution >= 0.6 is 0 Å². The molecule has 0 saturated carbocycles. The highest BCUT2D eigenvalue weighted by atomic mass is 15.1. The largest absolute Gasteiger partial charge is 0.310 e. The molecule has 0 fully saturated rings. The van der Waals surface area contributed by atoms with Gasteiger partial charge in [0, 0.05) is 33.8 Å². The van der Waals surface area contributed by atoms with E-state index in [1.54, 1.807) is 0 Å². The maximum Gasteiger partial charge on any atom is 0.0540 e. The third kappa shape index (κ3) is 8.16. The van der Waals surface area contributed by atoms with Gasteiger partial charge in [-0.1, -0.05) is 212 Å². The molecule has 312 valence electrons. The van der Waals surface area contributed by atoms with Crippen molar-refractivity contribution in [1.29, 1.82) is 0 Å². The van der Waals surface area contributed by atoms with Crippen molar-refractivity contribution in [2.75, 3.05) is 9.80 Å². The normalized spacial score (nSPS) is 11.0. The summed E-state index contributed by atoms with van der Waals surface area (Å²) in [5.74, 6) is 0. The zero-order valence-corrected chi connectivity index (χ0v) is 36.5. The van der Waals surface area contributed by atoms with Crippen LogP contribution in [0.1, 0.15) is 0 Å². The van der Waals surface area contributed by atoms with Crippen LogP contribution in [0, 0.1) is 0 Å². The van der Waals surface area contributed by atoms with Crippen LogP contribution in [0.25, 0.3) is 66.4 Å². The number of hydrogen-bond donors (Lipinski definition) is 0. The van der Waals surface area contributed by atoms with Crippen molar-refractivity contribution >= 4 is 44.9 Å². The Balaban J connectivity index is 0.961. The molecule has 0 N–H and O–H groups in total. The molecule has 0 heterocycles. The molecule has 66 heavy (non-hydrogen) atoms. The fraction of sp³-hybridized carbons (Fsp3) is 0. The van der Waals surface area contributed by atoms with Crippen molar-refractivity contribution in [2.45, 2.75) is 0 Å². The second-order valence-corrected chi connectivity index (χ2v) is 16.6. The standard InChI is InChI=1S/C64H46N2/c1-5-16-47(17-6-1)49-28-36-56(37-29-49)65(60-44-45-61(53-20-9-3-10-21-53)63(46-60)55-22-11-4-12-23-55)57-38-30-51(31-39-57)52-34-42-59(43-35-52)66(64-27-15-25-54-24-13-14-26-62(54)64)58-40-32-50(33-41-58)48-18-7-2-8-19-48/h1-46H. The van der Waals surface area contributed by atoms with Gasteiger partial charge in [-0.25, -0.2) is 0 Å². The molecular weight excluding hydrogens is 797 g/mol. The van der Waals surface area contributed by atoms with Gasteiger partial charge in [0.1, 0.15) is 0 Å². The van der Waals surface area contributed by atoms with E-state index < -0.39 is 0 Å². The van der Waals surface area contributed by atoms with E-state index in [1.165, 1.54) is 55.3 Å². The Labute approximate surface area is 387 Å². The van der Waals surface area contributed by atoms with Crippen LogP contribution < -0.4 is 9.80 Å². The van der Waals surface area contributed by atoms with E-state index in [0.717, 1.165) is 45.3 Å². The zero-order chi connectivity index (χ0) is 44.1. The Morgan fingerprint density at radius 2 is 0.530 bits per heavy atom. The molecule has 0 aliphatic rings. The summed E-state index contributed by atoms with van der Waals surface area (Å²) < 4.78 is 0. The lowest BCUT2D eigenvalue weighted by atomic mass is 9.93. The molecule has 0 spiro atoms. The van der Waals surface area contributed by atoms with Gasteiger partial charge in [-0.2, -0.15) is 0 Å². The van der Waals surface area contributed by atoms with Crippen molar-refractivity contribution in [1.82, 2.24) is 0 Å². The molecule has 0 aromatic heterocycles. The van der Waals surface area contributed by atoms with Gasteiger partial charge in [0.15, 0.2) is 0 Å². The molecule has 0 aliphatic carbocycles. The summed E-state index contributed by atoms with van der Waals surface area (Å²) in [4.78, 5) is 4.74. The van der Waals surface area contributed by atoms with Crippen molar-refractivity contribution < 1.29 is 0 Å². The fourth-order valence-electron chi connectivity index (χ4n) is 9.15. The Hall–Kier alpha value is -8.72. The van der Waals surface area contributed by atoms with E-state index in [0.29, 0.717) is 0 Å². The molecule has 0 radical (unpaired) electrons. The minimum absolute atomic E-state index is 1.08. The molecule has 0 bridgehead atoms. The summed E-state index contributed by atoms with van der Waals surface area (Å²) >= 11 is 0. The molecule has 0 amide bonds. The summed E-state index contributed by atoms with van der Waals surface area (Å²) in [7, 11) is 0. The fourth-order valence-corrected chi connectivity index (χ4v) is 9.15. The lowest BCUT2D eigenvalue weighted by Crippen LogP contribution is -2.10. The van der Waals surface area contributed by atoms with Gasteiger partial charge in [0.05, 0.1) is 5.69 Å². The molecule has 11 rings (SSSR count). The first-order valence-corrected chi connectivity index (χ1v) is 22.6. The molecule has 0 aliphatic heterocycles. The quantitative estimate of drug-likeness (QED) is 0.128. The van der Waals surface area contributed by atoms with Crippen LogP contribution in [0.15, 0.2) is 279 Å². The van der Waals surface area contributed by atoms with Crippen LogP contribution in [-0.2, 0) is 0 Å². The van der Waals surface area contributed by atoms with Gasteiger partial charge < -0.3 is 9.80 Å². The molecule has 0 unspecified atom stereocenters. The Bertz CT molecular complexity index is 3340. The van der Waals surface area contributed by atoms with Gasteiger partial charge in [-0.15, -0.1) is 0 Å². The predicted octanol–water partition coefficient (Wildman–Crippen LogP) is 18.1. The topological polar surface area (TPSA) is 6.48 Å². The van der Waals surface area contributed by atoms with Crippen molar-refractivity contribution in [3.8, 4) is 55.6 Å². The minimum atomic E-state index is 1.08. The highest BCUT2D eigenvalue weighted by Crippen LogP contribution is 2.43. The maximum atomic E-state index is 2.37. The Kier molecular flexibility index (Phi) is 11.0. The lowest BCUT2D eigenvalue weighted by molar-refractivity contribution is 1.28. The van der Waals surface area contributed by atoms with Gasteiger partial charge in [0.2, 0.25) is 0 Å². The number of benzene rings is 11. The number of fused-ring (bicyclic) bond motifs is 1. The highest BCUT2D eigenvalue weighted by Gasteiger charge is 2.19. The van der Waals surface area contributed by atoms with Crippen molar-refractivity contribution in [3.05, 3.63) is 279 Å².